The summed E-state index contributed by atoms with van der Waals surface area (Å²) >= 11 is 0. The maximum absolute atomic E-state index is 13.0. The van der Waals surface area contributed by atoms with Crippen LogP contribution in [-0.4, -0.2) is 86.3 Å². The first kappa shape index (κ1) is 63.3. The smallest absolute Gasteiger partial charge is 0.309 e. The highest BCUT2D eigenvalue weighted by Crippen LogP contribution is 2.19. The van der Waals surface area contributed by atoms with Crippen molar-refractivity contribution in [1.29, 1.82) is 0 Å². The van der Waals surface area contributed by atoms with Gasteiger partial charge in [-0.1, -0.05) is 160 Å². The summed E-state index contributed by atoms with van der Waals surface area (Å²) < 4.78 is 17.9. The molecule has 1 aliphatic heterocycles. The van der Waals surface area contributed by atoms with Crippen LogP contribution < -0.4 is 0 Å². The predicted molar refractivity (Wildman–Crippen MR) is 289 cm³/mol. The lowest BCUT2D eigenvalue weighted by atomic mass is 9.97. The average Bonchev–Trinajstić information content (AvgIpc) is 3.33. The van der Waals surface area contributed by atoms with Gasteiger partial charge in [0.15, 0.2) is 0 Å². The quantitative estimate of drug-likeness (QED) is 0.0258. The second-order valence-corrected chi connectivity index (χ2v) is 20.0. The third-order valence-electron chi connectivity index (χ3n) is 13.4. The Morgan fingerprint density at radius 2 is 0.838 bits per heavy atom. The van der Waals surface area contributed by atoms with Crippen molar-refractivity contribution in [3.05, 3.63) is 48.6 Å². The fraction of sp³-hybridized carbons (Fsp3) is 0.817. The van der Waals surface area contributed by atoms with Crippen molar-refractivity contribution in [2.45, 2.75) is 265 Å². The topological polar surface area (TPSA) is 85.4 Å². The lowest BCUT2D eigenvalue weighted by Gasteiger charge is -2.28. The highest BCUT2D eigenvalue weighted by atomic mass is 16.5. The van der Waals surface area contributed by atoms with Gasteiger partial charge in [-0.15, -0.1) is 0 Å². The van der Waals surface area contributed by atoms with Crippen LogP contribution >= 0.6 is 0 Å². The van der Waals surface area contributed by atoms with Crippen molar-refractivity contribution in [1.82, 2.24) is 9.80 Å². The van der Waals surface area contributed by atoms with Gasteiger partial charge in [0.05, 0.1) is 5.92 Å². The Balaban J connectivity index is 2.55. The van der Waals surface area contributed by atoms with Gasteiger partial charge < -0.3 is 19.1 Å². The van der Waals surface area contributed by atoms with E-state index in [0.717, 1.165) is 180 Å². The number of nitrogens with zero attached hydrogens (tertiary/aromatic N) is 2. The van der Waals surface area contributed by atoms with Crippen LogP contribution in [0.5, 0.6) is 0 Å². The standard InChI is InChI=1S/C60H108N2O6/c1-6-10-14-18-22-27-35-43-57(44-36-28-23-19-15-11-7-2)68-59(64)46-38-30-32-40-50-62(53-54-66-60(65)55-47-51-61(5)52-48-55)49-39-31-24-29-37-45-58(63)67-56(41-33-25-20-16-12-8-3)42-34-26-21-17-13-9-4/h20-23,25-28,55-57H,6-19,24,29-54H2,1-5H3/b25-20-,26-21-,27-22-,28-23-. The van der Waals surface area contributed by atoms with Gasteiger partial charge in [0.25, 0.3) is 0 Å². The first-order valence-electron chi connectivity index (χ1n) is 28.9. The summed E-state index contributed by atoms with van der Waals surface area (Å²) in [7, 11) is 2.11. The van der Waals surface area contributed by atoms with Gasteiger partial charge in [0.1, 0.15) is 18.8 Å². The molecule has 1 rings (SSSR count). The molecule has 8 heteroatoms. The number of rotatable bonds is 47. The molecule has 0 atom stereocenters. The van der Waals surface area contributed by atoms with E-state index >= 15 is 0 Å². The number of esters is 3. The summed E-state index contributed by atoms with van der Waals surface area (Å²) in [6, 6.07) is 0. The van der Waals surface area contributed by atoms with Crippen molar-refractivity contribution in [3.8, 4) is 0 Å². The molecule has 0 aromatic heterocycles. The monoisotopic (exact) mass is 953 g/mol. The number of piperidine rings is 1. The fourth-order valence-corrected chi connectivity index (χ4v) is 8.82. The molecule has 1 heterocycles. The van der Waals surface area contributed by atoms with Crippen LogP contribution in [0, 0.1) is 5.92 Å². The zero-order chi connectivity index (χ0) is 49.4. The molecule has 0 unspecified atom stereocenters. The number of carbonyl (C=O) groups excluding carboxylic acids is 3. The van der Waals surface area contributed by atoms with E-state index in [4.69, 9.17) is 14.2 Å². The lowest BCUT2D eigenvalue weighted by Crippen LogP contribution is -2.35. The third kappa shape index (κ3) is 40.1. The number of hydrogen-bond donors (Lipinski definition) is 0. The molecule has 394 valence electrons. The maximum Gasteiger partial charge on any atom is 0.309 e. The predicted octanol–water partition coefficient (Wildman–Crippen LogP) is 16.2. The summed E-state index contributed by atoms with van der Waals surface area (Å²) in [6.45, 7) is 14.0. The van der Waals surface area contributed by atoms with Gasteiger partial charge in [0.2, 0.25) is 0 Å². The minimum atomic E-state index is -0.0506. The van der Waals surface area contributed by atoms with E-state index in [9.17, 15) is 14.4 Å². The van der Waals surface area contributed by atoms with E-state index in [0.29, 0.717) is 19.4 Å². The zero-order valence-corrected chi connectivity index (χ0v) is 45.2. The molecule has 0 aromatic rings. The molecule has 0 N–H and O–H groups in total. The summed E-state index contributed by atoms with van der Waals surface area (Å²) in [4.78, 5) is 43.5. The normalized spacial score (nSPS) is 14.1. The molecule has 0 aliphatic carbocycles. The summed E-state index contributed by atoms with van der Waals surface area (Å²) in [5.74, 6) is -0.109. The third-order valence-corrected chi connectivity index (χ3v) is 13.4. The highest BCUT2D eigenvalue weighted by Gasteiger charge is 2.25. The van der Waals surface area contributed by atoms with E-state index in [1.165, 1.54) is 64.2 Å². The van der Waals surface area contributed by atoms with E-state index in [-0.39, 0.29) is 36.0 Å². The van der Waals surface area contributed by atoms with Gasteiger partial charge in [-0.2, -0.15) is 0 Å². The van der Waals surface area contributed by atoms with Crippen LogP contribution in [-0.2, 0) is 28.6 Å². The van der Waals surface area contributed by atoms with Crippen LogP contribution in [0.3, 0.4) is 0 Å². The molecule has 1 aliphatic rings. The van der Waals surface area contributed by atoms with E-state index in [1.807, 2.05) is 0 Å². The largest absolute Gasteiger partial charge is 0.464 e. The van der Waals surface area contributed by atoms with Crippen molar-refractivity contribution in [2.75, 3.05) is 46.4 Å². The minimum Gasteiger partial charge on any atom is -0.464 e. The number of ether oxygens (including phenoxy) is 3. The summed E-state index contributed by atoms with van der Waals surface area (Å²) in [5, 5.41) is 0. The first-order valence-corrected chi connectivity index (χ1v) is 28.9. The van der Waals surface area contributed by atoms with Crippen LogP contribution in [0.2, 0.25) is 0 Å². The highest BCUT2D eigenvalue weighted by molar-refractivity contribution is 5.72. The Labute approximate surface area is 420 Å². The van der Waals surface area contributed by atoms with Gasteiger partial charge in [-0.05, 0) is 162 Å². The Morgan fingerprint density at radius 1 is 0.471 bits per heavy atom. The summed E-state index contributed by atoms with van der Waals surface area (Å²) in [5.41, 5.74) is 0. The van der Waals surface area contributed by atoms with Crippen LogP contribution in [0.1, 0.15) is 252 Å². The second-order valence-electron chi connectivity index (χ2n) is 20.0. The van der Waals surface area contributed by atoms with Crippen molar-refractivity contribution in [2.24, 2.45) is 5.92 Å². The molecule has 0 spiro atoms. The Morgan fingerprint density at radius 3 is 1.25 bits per heavy atom. The van der Waals surface area contributed by atoms with Crippen molar-refractivity contribution < 1.29 is 28.6 Å². The zero-order valence-electron chi connectivity index (χ0n) is 45.2. The molecule has 1 fully saturated rings. The Hall–Kier alpha value is -2.71. The SMILES string of the molecule is CCCC/C=C\CCC(CC/C=C\CCCC)OC(=O)CCCCCCCN(CCCCCCC(=O)OC(CC/C=C\CCCCC)CC/C=C\CCCCC)CCOC(=O)C1CCN(C)CC1. The number of unbranched alkanes of at least 4 members (excludes halogenated alkanes) is 17. The number of carbonyl (C=O) groups is 3. The van der Waals surface area contributed by atoms with Crippen LogP contribution in [0.15, 0.2) is 48.6 Å². The van der Waals surface area contributed by atoms with Crippen molar-refractivity contribution >= 4 is 17.9 Å². The number of hydrogen-bond acceptors (Lipinski definition) is 8. The van der Waals surface area contributed by atoms with Gasteiger partial charge in [-0.3, -0.25) is 19.3 Å². The number of allylic oxidation sites excluding steroid dienone is 8. The number of likely N-dealkylation sites (tertiary alicyclic amines) is 1. The van der Waals surface area contributed by atoms with Gasteiger partial charge >= 0.3 is 17.9 Å². The first-order chi connectivity index (χ1) is 33.3. The van der Waals surface area contributed by atoms with Crippen molar-refractivity contribution in [3.63, 3.8) is 0 Å². The summed E-state index contributed by atoms with van der Waals surface area (Å²) in [6.07, 6.45) is 54.6. The molecular weight excluding hydrogens is 845 g/mol. The maximum atomic E-state index is 13.0. The fourth-order valence-electron chi connectivity index (χ4n) is 8.82. The van der Waals surface area contributed by atoms with Gasteiger partial charge in [-0.25, -0.2) is 0 Å². The molecule has 0 saturated carbocycles. The molecule has 68 heavy (non-hydrogen) atoms. The Kier molecular flexibility index (Phi) is 44.6. The molecular formula is C60H108N2O6. The van der Waals surface area contributed by atoms with E-state index < -0.39 is 0 Å². The molecule has 1 saturated heterocycles. The van der Waals surface area contributed by atoms with Gasteiger partial charge in [0, 0.05) is 19.4 Å². The molecule has 0 amide bonds. The van der Waals surface area contributed by atoms with Crippen LogP contribution in [0.25, 0.3) is 0 Å². The Bertz CT molecular complexity index is 1240. The molecule has 0 bridgehead atoms. The molecule has 0 aromatic carbocycles. The minimum absolute atomic E-state index is 0.0112. The lowest BCUT2D eigenvalue weighted by molar-refractivity contribution is -0.151. The second kappa shape index (κ2) is 47.9. The van der Waals surface area contributed by atoms with E-state index in [1.54, 1.807) is 0 Å². The average molecular weight is 954 g/mol. The molecule has 8 nitrogen and oxygen atoms in total. The van der Waals surface area contributed by atoms with Crippen LogP contribution in [0.4, 0.5) is 0 Å². The van der Waals surface area contributed by atoms with E-state index in [2.05, 4.69) is 93.2 Å². The molecule has 0 radical (unpaired) electrons.